The second-order valence-electron chi connectivity index (χ2n) is 7.49. The molecule has 1 atom stereocenters. The molecule has 1 saturated heterocycles. The van der Waals surface area contributed by atoms with Gasteiger partial charge in [0, 0.05) is 43.4 Å². The van der Waals surface area contributed by atoms with Crippen LogP contribution in [0.15, 0.2) is 51.9 Å². The van der Waals surface area contributed by atoms with Gasteiger partial charge in [-0.1, -0.05) is 0 Å². The van der Waals surface area contributed by atoms with Gasteiger partial charge in [0.1, 0.15) is 11.3 Å². The van der Waals surface area contributed by atoms with Crippen LogP contribution in [0.3, 0.4) is 0 Å². The average Bonchev–Trinajstić information content (AvgIpc) is 3.11. The number of anilines is 1. The zero-order valence-electron chi connectivity index (χ0n) is 16.2. The van der Waals surface area contributed by atoms with E-state index in [4.69, 9.17) is 4.42 Å². The molecule has 9 heteroatoms. The van der Waals surface area contributed by atoms with Crippen LogP contribution >= 0.6 is 0 Å². The van der Waals surface area contributed by atoms with E-state index in [0.717, 1.165) is 24.2 Å². The van der Waals surface area contributed by atoms with E-state index in [2.05, 4.69) is 4.98 Å². The Morgan fingerprint density at radius 3 is 2.45 bits per heavy atom. The van der Waals surface area contributed by atoms with Gasteiger partial charge in [0.25, 0.3) is 0 Å². The molecule has 3 aromatic rings. The predicted molar refractivity (Wildman–Crippen MR) is 113 cm³/mol. The van der Waals surface area contributed by atoms with Crippen LogP contribution < -0.4 is 4.90 Å². The van der Waals surface area contributed by atoms with Crippen LogP contribution in [0, 0.1) is 0 Å². The molecule has 7 nitrogen and oxygen atoms in total. The third-order valence-corrected chi connectivity index (χ3v) is 8.01. The number of rotatable bonds is 4. The summed E-state index contributed by atoms with van der Waals surface area (Å²) in [7, 11) is -6.37. The van der Waals surface area contributed by atoms with Crippen molar-refractivity contribution in [2.75, 3.05) is 30.5 Å². The number of piperidine rings is 1. The molecule has 2 aromatic heterocycles. The minimum atomic E-state index is -3.26. The first-order valence-electron chi connectivity index (χ1n) is 9.26. The molecule has 1 aromatic carbocycles. The van der Waals surface area contributed by atoms with E-state index in [1.165, 1.54) is 12.5 Å². The van der Waals surface area contributed by atoms with Gasteiger partial charge in [-0.25, -0.2) is 16.8 Å². The lowest BCUT2D eigenvalue weighted by molar-refractivity contribution is 0.534. The van der Waals surface area contributed by atoms with Crippen molar-refractivity contribution >= 4 is 36.5 Å². The van der Waals surface area contributed by atoms with E-state index in [9.17, 15) is 16.8 Å². The molecule has 0 aliphatic carbocycles. The van der Waals surface area contributed by atoms with E-state index in [0.29, 0.717) is 29.8 Å². The molecule has 0 bridgehead atoms. The van der Waals surface area contributed by atoms with E-state index >= 15 is 0 Å². The van der Waals surface area contributed by atoms with Crippen molar-refractivity contribution in [3.05, 3.63) is 42.6 Å². The second-order valence-corrected chi connectivity index (χ2v) is 11.8. The number of hydrogen-bond donors (Lipinski definition) is 0. The highest BCUT2D eigenvalue weighted by Crippen LogP contribution is 2.34. The Morgan fingerprint density at radius 1 is 1.07 bits per heavy atom. The number of benzene rings is 1. The molecule has 0 saturated carbocycles. The molecule has 0 radical (unpaired) electrons. The van der Waals surface area contributed by atoms with Crippen molar-refractivity contribution < 1.29 is 21.3 Å². The summed E-state index contributed by atoms with van der Waals surface area (Å²) in [5, 5.41) is -0.391. The van der Waals surface area contributed by atoms with Crippen molar-refractivity contribution in [2.45, 2.75) is 23.0 Å². The summed E-state index contributed by atoms with van der Waals surface area (Å²) in [5.41, 5.74) is 2.84. The van der Waals surface area contributed by atoms with Crippen LogP contribution in [-0.4, -0.2) is 52.7 Å². The largest absolute Gasteiger partial charge is 0.452 e. The molecular formula is C20H22N2O5S2. The number of pyridine rings is 1. The minimum Gasteiger partial charge on any atom is -0.452 e. The molecular weight excluding hydrogens is 412 g/mol. The zero-order chi connectivity index (χ0) is 20.8. The molecule has 0 N–H and O–H groups in total. The van der Waals surface area contributed by atoms with Gasteiger partial charge in [0.05, 0.1) is 15.8 Å². The van der Waals surface area contributed by atoms with Crippen molar-refractivity contribution in [3.63, 3.8) is 0 Å². The molecule has 1 aliphatic rings. The number of nitrogens with zero attached hydrogens (tertiary/aromatic N) is 2. The predicted octanol–water partition coefficient (Wildman–Crippen LogP) is 2.91. The Hall–Kier alpha value is -2.39. The summed E-state index contributed by atoms with van der Waals surface area (Å²) >= 11 is 0. The fraction of sp³-hybridized carbons (Fsp3) is 0.350. The molecule has 0 amide bonds. The van der Waals surface area contributed by atoms with E-state index < -0.39 is 24.9 Å². The topological polar surface area (TPSA) is 97.5 Å². The number of aromatic nitrogens is 1. The fourth-order valence-corrected chi connectivity index (χ4v) is 5.36. The maximum Gasteiger partial charge on any atom is 0.176 e. The van der Waals surface area contributed by atoms with Gasteiger partial charge < -0.3 is 9.32 Å². The van der Waals surface area contributed by atoms with E-state index in [1.54, 1.807) is 30.5 Å². The van der Waals surface area contributed by atoms with Crippen molar-refractivity contribution in [1.82, 2.24) is 4.98 Å². The van der Waals surface area contributed by atoms with Gasteiger partial charge in [-0.2, -0.15) is 0 Å². The first-order valence-corrected chi connectivity index (χ1v) is 13.1. The van der Waals surface area contributed by atoms with Crippen LogP contribution in [0.2, 0.25) is 0 Å². The maximum atomic E-state index is 12.0. The Kier molecular flexibility index (Phi) is 4.90. The van der Waals surface area contributed by atoms with Crippen LogP contribution in [0.1, 0.15) is 12.8 Å². The summed E-state index contributed by atoms with van der Waals surface area (Å²) in [6.07, 6.45) is 5.60. The minimum absolute atomic E-state index is 0.247. The lowest BCUT2D eigenvalue weighted by Gasteiger charge is -2.33. The average molecular weight is 435 g/mol. The monoisotopic (exact) mass is 434 g/mol. The molecule has 1 fully saturated rings. The Morgan fingerprint density at radius 2 is 1.79 bits per heavy atom. The molecule has 1 unspecified atom stereocenters. The molecule has 154 valence electrons. The second kappa shape index (κ2) is 7.14. The van der Waals surface area contributed by atoms with Crippen LogP contribution in [-0.2, 0) is 19.7 Å². The summed E-state index contributed by atoms with van der Waals surface area (Å²) in [5.74, 6) is 0.580. The van der Waals surface area contributed by atoms with Crippen LogP contribution in [0.4, 0.5) is 5.69 Å². The van der Waals surface area contributed by atoms with Gasteiger partial charge in [-0.3, -0.25) is 4.98 Å². The fourth-order valence-electron chi connectivity index (χ4n) is 3.69. The molecule has 29 heavy (non-hydrogen) atoms. The lowest BCUT2D eigenvalue weighted by Crippen LogP contribution is -2.42. The Labute approximate surface area is 170 Å². The summed E-state index contributed by atoms with van der Waals surface area (Å²) in [6, 6.07) is 10.2. The van der Waals surface area contributed by atoms with Crippen molar-refractivity contribution in [2.24, 2.45) is 0 Å². The van der Waals surface area contributed by atoms with Crippen molar-refractivity contribution in [3.8, 4) is 11.3 Å². The molecule has 4 rings (SSSR count). The van der Waals surface area contributed by atoms with E-state index in [1.807, 2.05) is 17.0 Å². The van der Waals surface area contributed by atoms with Crippen molar-refractivity contribution in [1.29, 1.82) is 0 Å². The smallest absolute Gasteiger partial charge is 0.176 e. The SMILES string of the molecule is CS(=O)(=O)c1ccc(-c2cc3nccc(N4CCCC(S(C)(=O)=O)C4)c3o2)cc1. The third kappa shape index (κ3) is 4.02. The van der Waals surface area contributed by atoms with Gasteiger partial charge in [-0.15, -0.1) is 0 Å². The van der Waals surface area contributed by atoms with Gasteiger partial charge in [0.15, 0.2) is 25.3 Å². The van der Waals surface area contributed by atoms with Crippen LogP contribution in [0.25, 0.3) is 22.4 Å². The number of fused-ring (bicyclic) bond motifs is 1. The quantitative estimate of drug-likeness (QED) is 0.623. The summed E-state index contributed by atoms with van der Waals surface area (Å²) < 4.78 is 53.4. The first-order chi connectivity index (χ1) is 13.6. The summed E-state index contributed by atoms with van der Waals surface area (Å²) in [6.45, 7) is 1.18. The normalized spacial score (nSPS) is 18.3. The highest BCUT2D eigenvalue weighted by Gasteiger charge is 2.29. The Bertz CT molecular complexity index is 1260. The molecule has 3 heterocycles. The van der Waals surface area contributed by atoms with Crippen LogP contribution in [0.5, 0.6) is 0 Å². The first kappa shape index (κ1) is 19.9. The Balaban J connectivity index is 1.71. The van der Waals surface area contributed by atoms with E-state index in [-0.39, 0.29) is 4.90 Å². The van der Waals surface area contributed by atoms with Gasteiger partial charge >= 0.3 is 0 Å². The highest BCUT2D eigenvalue weighted by molar-refractivity contribution is 7.91. The zero-order valence-corrected chi connectivity index (χ0v) is 17.8. The highest BCUT2D eigenvalue weighted by atomic mass is 32.2. The molecule has 0 spiro atoms. The number of furan rings is 1. The summed E-state index contributed by atoms with van der Waals surface area (Å²) in [4.78, 5) is 6.66. The number of hydrogen-bond acceptors (Lipinski definition) is 7. The van der Waals surface area contributed by atoms with Gasteiger partial charge in [0.2, 0.25) is 0 Å². The third-order valence-electron chi connectivity index (χ3n) is 5.28. The standard InChI is InChI=1S/C20H22N2O5S2/c1-28(23,24)15-7-5-14(6-8-15)19-12-17-20(27-19)18(9-10-21-17)22-11-3-4-16(13-22)29(2,25)26/h5-10,12,16H,3-4,11,13H2,1-2H3. The van der Waals surface area contributed by atoms with Gasteiger partial charge in [-0.05, 0) is 43.2 Å². The molecule has 1 aliphatic heterocycles. The number of sulfone groups is 2. The lowest BCUT2D eigenvalue weighted by atomic mass is 10.1. The maximum absolute atomic E-state index is 12.0.